The van der Waals surface area contributed by atoms with Crippen molar-refractivity contribution < 1.29 is 4.79 Å². The van der Waals surface area contributed by atoms with Crippen LogP contribution in [0.1, 0.15) is 20.5 Å². The largest absolute Gasteiger partial charge is 0.344 e. The lowest BCUT2D eigenvalue weighted by atomic mass is 10.1. The van der Waals surface area contributed by atoms with Crippen molar-refractivity contribution in [3.63, 3.8) is 0 Å². The minimum atomic E-state index is -0.155. The molecule has 0 aliphatic rings. The zero-order valence-corrected chi connectivity index (χ0v) is 14.3. The zero-order chi connectivity index (χ0) is 17.2. The van der Waals surface area contributed by atoms with Gasteiger partial charge in [-0.2, -0.15) is 0 Å². The van der Waals surface area contributed by atoms with Crippen molar-refractivity contribution in [1.82, 2.24) is 24.9 Å². The summed E-state index contributed by atoms with van der Waals surface area (Å²) in [6.07, 6.45) is 1.88. The number of carbonyl (C=O) groups is 1. The summed E-state index contributed by atoms with van der Waals surface area (Å²) in [4.78, 5) is 17.8. The molecule has 7 heteroatoms. The molecule has 0 spiro atoms. The monoisotopic (exact) mass is 349 g/mol. The summed E-state index contributed by atoms with van der Waals surface area (Å²) in [7, 11) is 0. The molecule has 1 amide bonds. The van der Waals surface area contributed by atoms with E-state index in [1.165, 1.54) is 11.3 Å². The van der Waals surface area contributed by atoms with Gasteiger partial charge in [-0.25, -0.2) is 4.98 Å². The number of aryl methyl sites for hydroxylation is 1. The van der Waals surface area contributed by atoms with Crippen LogP contribution in [0.3, 0.4) is 0 Å². The molecule has 0 fully saturated rings. The van der Waals surface area contributed by atoms with Gasteiger partial charge in [0.15, 0.2) is 11.5 Å². The van der Waals surface area contributed by atoms with E-state index in [0.29, 0.717) is 22.9 Å². The summed E-state index contributed by atoms with van der Waals surface area (Å²) in [6, 6.07) is 15.4. The predicted octanol–water partition coefficient (Wildman–Crippen LogP) is 3.09. The van der Waals surface area contributed by atoms with Gasteiger partial charge in [0.25, 0.3) is 5.91 Å². The van der Waals surface area contributed by atoms with E-state index < -0.39 is 0 Å². The fraction of sp³-hybridized carbons (Fsp3) is 0.111. The summed E-state index contributed by atoms with van der Waals surface area (Å²) >= 11 is 1.39. The number of pyridine rings is 1. The molecule has 0 aliphatic carbocycles. The predicted molar refractivity (Wildman–Crippen MR) is 96.4 cm³/mol. The molecule has 4 rings (SSSR count). The van der Waals surface area contributed by atoms with Crippen LogP contribution in [0.4, 0.5) is 0 Å². The molecule has 124 valence electrons. The molecule has 25 heavy (non-hydrogen) atoms. The second-order valence-corrected chi connectivity index (χ2v) is 6.71. The first kappa shape index (κ1) is 15.5. The number of rotatable bonds is 4. The maximum Gasteiger partial charge on any atom is 0.264 e. The third kappa shape index (κ3) is 3.01. The van der Waals surface area contributed by atoms with Crippen LogP contribution in [-0.2, 0) is 6.54 Å². The van der Waals surface area contributed by atoms with Gasteiger partial charge in [0.1, 0.15) is 4.88 Å². The maximum absolute atomic E-state index is 12.7. The molecule has 0 saturated heterocycles. The Morgan fingerprint density at radius 2 is 1.92 bits per heavy atom. The summed E-state index contributed by atoms with van der Waals surface area (Å²) in [5, 5.41) is 12.0. The van der Waals surface area contributed by atoms with Crippen molar-refractivity contribution in [3.05, 3.63) is 70.4 Å². The number of aromatic nitrogens is 4. The van der Waals surface area contributed by atoms with Gasteiger partial charge in [0.2, 0.25) is 0 Å². The molecule has 0 saturated carbocycles. The summed E-state index contributed by atoms with van der Waals surface area (Å²) in [5.41, 5.74) is 2.40. The van der Waals surface area contributed by atoms with Gasteiger partial charge in [0, 0.05) is 11.8 Å². The van der Waals surface area contributed by atoms with E-state index in [1.807, 2.05) is 66.1 Å². The number of benzene rings is 1. The topological polar surface area (TPSA) is 72.2 Å². The lowest BCUT2D eigenvalue weighted by Crippen LogP contribution is -2.23. The van der Waals surface area contributed by atoms with Crippen LogP contribution < -0.4 is 5.32 Å². The maximum atomic E-state index is 12.7. The van der Waals surface area contributed by atoms with Crippen molar-refractivity contribution in [2.24, 2.45) is 0 Å². The third-order valence-corrected chi connectivity index (χ3v) is 4.75. The van der Waals surface area contributed by atoms with Gasteiger partial charge in [0.05, 0.1) is 17.2 Å². The van der Waals surface area contributed by atoms with E-state index in [4.69, 9.17) is 0 Å². The Balaban J connectivity index is 1.58. The van der Waals surface area contributed by atoms with E-state index in [-0.39, 0.29) is 5.91 Å². The molecule has 4 aromatic rings. The van der Waals surface area contributed by atoms with Crippen LogP contribution in [0, 0.1) is 6.92 Å². The SMILES string of the molecule is Cc1nc(-c2ccccc2)c(C(=O)NCc2nnc3ccccn23)s1. The van der Waals surface area contributed by atoms with Crippen molar-refractivity contribution in [2.75, 3.05) is 0 Å². The number of nitrogens with one attached hydrogen (secondary N) is 1. The van der Waals surface area contributed by atoms with Crippen LogP contribution in [0.2, 0.25) is 0 Å². The van der Waals surface area contributed by atoms with Crippen LogP contribution >= 0.6 is 11.3 Å². The van der Waals surface area contributed by atoms with Gasteiger partial charge >= 0.3 is 0 Å². The fourth-order valence-electron chi connectivity index (χ4n) is 2.62. The van der Waals surface area contributed by atoms with E-state index in [0.717, 1.165) is 16.2 Å². The average Bonchev–Trinajstić information content (AvgIpc) is 3.24. The van der Waals surface area contributed by atoms with E-state index >= 15 is 0 Å². The number of thiazole rings is 1. The quantitative estimate of drug-likeness (QED) is 0.614. The number of hydrogen-bond donors (Lipinski definition) is 1. The molecule has 0 radical (unpaired) electrons. The van der Waals surface area contributed by atoms with Gasteiger partial charge < -0.3 is 5.32 Å². The Hall–Kier alpha value is -3.06. The van der Waals surface area contributed by atoms with Crippen LogP contribution in [0.25, 0.3) is 16.9 Å². The molecule has 0 unspecified atom stereocenters. The Kier molecular flexibility index (Phi) is 3.99. The molecule has 1 N–H and O–H groups in total. The van der Waals surface area contributed by atoms with Gasteiger partial charge in [-0.05, 0) is 19.1 Å². The van der Waals surface area contributed by atoms with Gasteiger partial charge in [-0.3, -0.25) is 9.20 Å². The second-order valence-electron chi connectivity index (χ2n) is 5.50. The highest BCUT2D eigenvalue weighted by atomic mass is 32.1. The molecular formula is C18H15N5OS. The number of hydrogen-bond acceptors (Lipinski definition) is 5. The van der Waals surface area contributed by atoms with Crippen molar-refractivity contribution >= 4 is 22.9 Å². The first-order valence-electron chi connectivity index (χ1n) is 7.82. The first-order valence-corrected chi connectivity index (χ1v) is 8.64. The minimum Gasteiger partial charge on any atom is -0.344 e. The lowest BCUT2D eigenvalue weighted by Gasteiger charge is -2.05. The van der Waals surface area contributed by atoms with Crippen molar-refractivity contribution in [2.45, 2.75) is 13.5 Å². The Morgan fingerprint density at radius 3 is 2.76 bits per heavy atom. The fourth-order valence-corrected chi connectivity index (χ4v) is 3.48. The average molecular weight is 349 g/mol. The molecule has 1 aromatic carbocycles. The Bertz CT molecular complexity index is 1040. The smallest absolute Gasteiger partial charge is 0.264 e. The molecule has 6 nitrogen and oxygen atoms in total. The normalized spacial score (nSPS) is 10.9. The second kappa shape index (κ2) is 6.45. The van der Waals surface area contributed by atoms with E-state index in [1.54, 1.807) is 0 Å². The van der Waals surface area contributed by atoms with Crippen molar-refractivity contribution in [3.8, 4) is 11.3 Å². The van der Waals surface area contributed by atoms with Gasteiger partial charge in [-0.15, -0.1) is 21.5 Å². The highest BCUT2D eigenvalue weighted by molar-refractivity contribution is 7.14. The number of nitrogens with zero attached hydrogens (tertiary/aromatic N) is 4. The minimum absolute atomic E-state index is 0.155. The standard InChI is InChI=1S/C18H15N5OS/c1-12-20-16(13-7-3-2-4-8-13)17(25-12)18(24)19-11-15-22-21-14-9-5-6-10-23(14)15/h2-10H,11H2,1H3,(H,19,24). The highest BCUT2D eigenvalue weighted by Crippen LogP contribution is 2.27. The summed E-state index contributed by atoms with van der Waals surface area (Å²) in [5.74, 6) is 0.531. The van der Waals surface area contributed by atoms with E-state index in [9.17, 15) is 4.79 Å². The summed E-state index contributed by atoms with van der Waals surface area (Å²) in [6.45, 7) is 2.20. The molecule has 0 atom stereocenters. The van der Waals surface area contributed by atoms with E-state index in [2.05, 4.69) is 20.5 Å². The number of carbonyl (C=O) groups excluding carboxylic acids is 1. The third-order valence-electron chi connectivity index (χ3n) is 3.78. The zero-order valence-electron chi connectivity index (χ0n) is 13.5. The van der Waals surface area contributed by atoms with Crippen LogP contribution in [-0.4, -0.2) is 25.5 Å². The molecular weight excluding hydrogens is 334 g/mol. The molecule has 0 aliphatic heterocycles. The number of fused-ring (bicyclic) bond motifs is 1. The summed E-state index contributed by atoms with van der Waals surface area (Å²) < 4.78 is 1.86. The van der Waals surface area contributed by atoms with Crippen LogP contribution in [0.5, 0.6) is 0 Å². The number of amides is 1. The van der Waals surface area contributed by atoms with Crippen LogP contribution in [0.15, 0.2) is 54.7 Å². The Labute approximate surface area is 148 Å². The lowest BCUT2D eigenvalue weighted by molar-refractivity contribution is 0.0954. The first-order chi connectivity index (χ1) is 12.2. The molecule has 3 heterocycles. The highest BCUT2D eigenvalue weighted by Gasteiger charge is 2.18. The Morgan fingerprint density at radius 1 is 1.12 bits per heavy atom. The molecule has 3 aromatic heterocycles. The van der Waals surface area contributed by atoms with Gasteiger partial charge in [-0.1, -0.05) is 36.4 Å². The van der Waals surface area contributed by atoms with Crippen molar-refractivity contribution in [1.29, 1.82) is 0 Å². The molecule has 0 bridgehead atoms.